The Bertz CT molecular complexity index is 3560. The van der Waals surface area contributed by atoms with Gasteiger partial charge in [-0.05, 0) is 71.3 Å². The van der Waals surface area contributed by atoms with Gasteiger partial charge < -0.3 is 9.13 Å². The van der Waals surface area contributed by atoms with Crippen LogP contribution in [0, 0.1) is 34.0 Å². The Kier molecular flexibility index (Phi) is 8.57. The summed E-state index contributed by atoms with van der Waals surface area (Å²) in [4.78, 5) is 0. The maximum Gasteiger partial charge on any atom is 0.100 e. The highest BCUT2D eigenvalue weighted by molar-refractivity contribution is 6.26. The molecule has 2 heterocycles. The molecule has 0 fully saturated rings. The number of fused-ring (bicyclic) bond motifs is 6. The van der Waals surface area contributed by atoms with E-state index < -0.39 is 0 Å². The molecule has 0 bridgehead atoms. The lowest BCUT2D eigenvalue weighted by molar-refractivity contribution is 1.16. The molecule has 5 nitrogen and oxygen atoms in total. The van der Waals surface area contributed by atoms with Gasteiger partial charge in [0.1, 0.15) is 12.1 Å². The molecule has 11 aromatic rings. The smallest absolute Gasteiger partial charge is 0.100 e. The van der Waals surface area contributed by atoms with Crippen molar-refractivity contribution in [3.63, 3.8) is 0 Å². The molecular weight excluding hydrogens is 755 g/mol. The number of aromatic nitrogens is 2. The van der Waals surface area contributed by atoms with E-state index in [1.165, 1.54) is 0 Å². The molecule has 0 saturated carbocycles. The summed E-state index contributed by atoms with van der Waals surface area (Å²) < 4.78 is 4.66. The lowest BCUT2D eigenvalue weighted by Crippen LogP contribution is -2.01. The van der Waals surface area contributed by atoms with E-state index in [9.17, 15) is 15.8 Å². The van der Waals surface area contributed by atoms with Crippen LogP contribution in [0.25, 0.3) is 99.5 Å². The Morgan fingerprint density at radius 3 is 1.27 bits per heavy atom. The number of nitriles is 3. The molecule has 2 aromatic heterocycles. The van der Waals surface area contributed by atoms with Crippen LogP contribution >= 0.6 is 0 Å². The summed E-state index contributed by atoms with van der Waals surface area (Å²) in [5.41, 5.74) is 13.4. The van der Waals surface area contributed by atoms with Crippen LogP contribution in [-0.4, -0.2) is 9.13 Å². The molecule has 11 rings (SSSR count). The zero-order valence-corrected chi connectivity index (χ0v) is 33.3. The van der Waals surface area contributed by atoms with E-state index in [0.29, 0.717) is 33.4 Å². The van der Waals surface area contributed by atoms with Crippen LogP contribution in [0.1, 0.15) is 16.7 Å². The summed E-state index contributed by atoms with van der Waals surface area (Å²) in [5.74, 6) is 0. The summed E-state index contributed by atoms with van der Waals surface area (Å²) in [6.45, 7) is 0. The predicted octanol–water partition coefficient (Wildman–Crippen LogP) is 14.2. The van der Waals surface area contributed by atoms with Gasteiger partial charge in [-0.1, -0.05) is 146 Å². The molecule has 0 aliphatic carbocycles. The van der Waals surface area contributed by atoms with Gasteiger partial charge in [0.05, 0.1) is 44.8 Å². The largest absolute Gasteiger partial charge is 0.309 e. The van der Waals surface area contributed by atoms with E-state index in [2.05, 4.69) is 130 Å². The third-order valence-corrected chi connectivity index (χ3v) is 12.0. The van der Waals surface area contributed by atoms with Crippen LogP contribution in [0.5, 0.6) is 0 Å². The first-order valence-corrected chi connectivity index (χ1v) is 20.5. The Labute approximate surface area is 358 Å². The Morgan fingerprint density at radius 1 is 0.323 bits per heavy atom. The maximum atomic E-state index is 11.3. The van der Waals surface area contributed by atoms with Crippen LogP contribution in [-0.2, 0) is 0 Å². The van der Waals surface area contributed by atoms with Crippen molar-refractivity contribution in [2.45, 2.75) is 0 Å². The van der Waals surface area contributed by atoms with Gasteiger partial charge >= 0.3 is 0 Å². The van der Waals surface area contributed by atoms with E-state index in [4.69, 9.17) is 0 Å². The van der Waals surface area contributed by atoms with Crippen molar-refractivity contribution >= 4 is 43.6 Å². The lowest BCUT2D eigenvalue weighted by Gasteiger charge is -2.19. The van der Waals surface area contributed by atoms with Crippen molar-refractivity contribution in [3.05, 3.63) is 217 Å². The summed E-state index contributed by atoms with van der Waals surface area (Å²) >= 11 is 0. The lowest BCUT2D eigenvalue weighted by atomic mass is 9.83. The highest BCUT2D eigenvalue weighted by Crippen LogP contribution is 2.48. The van der Waals surface area contributed by atoms with Gasteiger partial charge in [-0.25, -0.2) is 0 Å². The zero-order chi connectivity index (χ0) is 41.7. The summed E-state index contributed by atoms with van der Waals surface area (Å²) in [6.07, 6.45) is 0. The van der Waals surface area contributed by atoms with Crippen LogP contribution in [0.3, 0.4) is 0 Å². The van der Waals surface area contributed by atoms with E-state index in [-0.39, 0.29) is 0 Å². The fourth-order valence-corrected chi connectivity index (χ4v) is 9.42. The van der Waals surface area contributed by atoms with Crippen molar-refractivity contribution in [2.24, 2.45) is 0 Å². The minimum atomic E-state index is 0.377. The monoisotopic (exact) mass is 787 g/mol. The highest BCUT2D eigenvalue weighted by Gasteiger charge is 2.27. The molecule has 0 atom stereocenters. The van der Waals surface area contributed by atoms with E-state index >= 15 is 0 Å². The standard InChI is InChI=1S/C57H33N5/c58-34-40-31-39(47-32-46(37-17-5-1-6-18-37)50(35-59)54(51(47)36-60)38-19-7-2-8-20-38)29-30-43(40)55-56-48(44-25-13-15-27-52(44)61(56)41-21-9-3-10-22-41)33-49-45-26-14-16-28-53(45)62(57(49)55)42-23-11-4-12-24-42/h1-33H. The summed E-state index contributed by atoms with van der Waals surface area (Å²) in [5, 5.41) is 37.4. The van der Waals surface area contributed by atoms with Crippen molar-refractivity contribution in [1.29, 1.82) is 15.8 Å². The molecule has 0 N–H and O–H groups in total. The molecule has 9 aromatic carbocycles. The SMILES string of the molecule is N#Cc1cc(-c2cc(-c3ccccc3)c(C#N)c(-c3ccccc3)c2C#N)ccc1-c1c2c(cc3c4ccccc4n(-c4ccccc4)c13)c1ccccc1n2-c1ccccc1. The van der Waals surface area contributed by atoms with Gasteiger partial charge in [0.25, 0.3) is 0 Å². The van der Waals surface area contributed by atoms with E-state index in [0.717, 1.165) is 82.8 Å². The van der Waals surface area contributed by atoms with Crippen LogP contribution < -0.4 is 0 Å². The average molecular weight is 788 g/mol. The molecule has 0 radical (unpaired) electrons. The number of benzene rings is 9. The van der Waals surface area contributed by atoms with Crippen LogP contribution in [0.15, 0.2) is 200 Å². The quantitative estimate of drug-likeness (QED) is 0.168. The number of rotatable bonds is 6. The molecule has 62 heavy (non-hydrogen) atoms. The van der Waals surface area contributed by atoms with E-state index in [1.807, 2.05) is 97.1 Å². The normalized spacial score (nSPS) is 11.2. The number of hydrogen-bond donors (Lipinski definition) is 0. The van der Waals surface area contributed by atoms with E-state index in [1.54, 1.807) is 0 Å². The summed E-state index contributed by atoms with van der Waals surface area (Å²) in [6, 6.07) is 75.1. The van der Waals surface area contributed by atoms with Gasteiger partial charge in [-0.3, -0.25) is 0 Å². The average Bonchev–Trinajstić information content (AvgIpc) is 3.86. The van der Waals surface area contributed by atoms with Crippen molar-refractivity contribution in [3.8, 4) is 74.1 Å². The second-order valence-electron chi connectivity index (χ2n) is 15.3. The predicted molar refractivity (Wildman–Crippen MR) is 251 cm³/mol. The van der Waals surface area contributed by atoms with Crippen molar-refractivity contribution in [1.82, 2.24) is 9.13 Å². The fourth-order valence-electron chi connectivity index (χ4n) is 9.42. The van der Waals surface area contributed by atoms with Gasteiger partial charge in [0.15, 0.2) is 0 Å². The van der Waals surface area contributed by atoms with Crippen molar-refractivity contribution < 1.29 is 0 Å². The molecule has 286 valence electrons. The molecule has 0 unspecified atom stereocenters. The molecule has 0 amide bonds. The molecule has 5 heteroatoms. The Morgan fingerprint density at radius 2 is 0.774 bits per heavy atom. The van der Waals surface area contributed by atoms with Gasteiger partial charge in [-0.2, -0.15) is 15.8 Å². The number of hydrogen-bond acceptors (Lipinski definition) is 3. The minimum Gasteiger partial charge on any atom is -0.309 e. The van der Waals surface area contributed by atoms with Crippen molar-refractivity contribution in [2.75, 3.05) is 0 Å². The fraction of sp³-hybridized carbons (Fsp3) is 0. The molecule has 0 aliphatic heterocycles. The van der Waals surface area contributed by atoms with Gasteiger partial charge in [0.2, 0.25) is 0 Å². The second kappa shape index (κ2) is 14.7. The number of nitrogens with zero attached hydrogens (tertiary/aromatic N) is 5. The second-order valence-corrected chi connectivity index (χ2v) is 15.3. The van der Waals surface area contributed by atoms with Gasteiger partial charge in [-0.15, -0.1) is 0 Å². The first-order chi connectivity index (χ1) is 30.7. The van der Waals surface area contributed by atoms with Crippen LogP contribution in [0.2, 0.25) is 0 Å². The third-order valence-electron chi connectivity index (χ3n) is 12.0. The first-order valence-electron chi connectivity index (χ1n) is 20.5. The Hall–Kier alpha value is -8.95. The zero-order valence-electron chi connectivity index (χ0n) is 33.3. The van der Waals surface area contributed by atoms with Gasteiger partial charge in [0, 0.05) is 60.7 Å². The minimum absolute atomic E-state index is 0.377. The summed E-state index contributed by atoms with van der Waals surface area (Å²) in [7, 11) is 0. The third kappa shape index (κ3) is 5.53. The molecular formula is C57H33N5. The molecule has 0 saturated heterocycles. The molecule has 0 spiro atoms. The van der Waals surface area contributed by atoms with Crippen LogP contribution in [0.4, 0.5) is 0 Å². The number of para-hydroxylation sites is 4. The Balaban J connectivity index is 1.29. The topological polar surface area (TPSA) is 81.2 Å². The first kappa shape index (κ1) is 36.2. The maximum absolute atomic E-state index is 11.3. The molecule has 0 aliphatic rings. The highest BCUT2D eigenvalue weighted by atomic mass is 15.0.